The second kappa shape index (κ2) is 3.03. The van der Waals surface area contributed by atoms with Gasteiger partial charge in [0.15, 0.2) is 0 Å². The minimum absolute atomic E-state index is 0.0220. The molecule has 1 aliphatic rings. The van der Waals surface area contributed by atoms with Gasteiger partial charge in [-0.1, -0.05) is 6.92 Å². The molecule has 2 atom stereocenters. The minimum atomic E-state index is -0.956. The third-order valence-corrected chi connectivity index (χ3v) is 2.26. The standard InChI is InChI=1S/C8H12O3/c1-5-3-2-4-6(9)7(5)8(10)11/h5,7H,2-4H2,1H3,(H,10,11). The first kappa shape index (κ1) is 8.24. The zero-order chi connectivity index (χ0) is 8.43. The molecule has 0 aromatic carbocycles. The first-order valence-corrected chi connectivity index (χ1v) is 3.88. The quantitative estimate of drug-likeness (QED) is 0.578. The van der Waals surface area contributed by atoms with Gasteiger partial charge in [0, 0.05) is 6.42 Å². The number of hydrogen-bond acceptors (Lipinski definition) is 2. The molecule has 2 unspecified atom stereocenters. The maximum absolute atomic E-state index is 11.1. The smallest absolute Gasteiger partial charge is 0.314 e. The second-order valence-electron chi connectivity index (χ2n) is 3.15. The highest BCUT2D eigenvalue weighted by Gasteiger charge is 2.34. The molecule has 0 heterocycles. The number of carboxylic acids is 1. The Kier molecular flexibility index (Phi) is 2.27. The second-order valence-corrected chi connectivity index (χ2v) is 3.15. The molecular weight excluding hydrogens is 144 g/mol. The first-order chi connectivity index (χ1) is 5.13. The highest BCUT2D eigenvalue weighted by molar-refractivity contribution is 5.98. The summed E-state index contributed by atoms with van der Waals surface area (Å²) in [6.07, 6.45) is 2.16. The van der Waals surface area contributed by atoms with E-state index in [9.17, 15) is 9.59 Å². The van der Waals surface area contributed by atoms with E-state index in [0.717, 1.165) is 12.8 Å². The van der Waals surface area contributed by atoms with Crippen molar-refractivity contribution in [2.45, 2.75) is 26.2 Å². The van der Waals surface area contributed by atoms with Gasteiger partial charge in [-0.2, -0.15) is 0 Å². The van der Waals surface area contributed by atoms with Crippen molar-refractivity contribution in [3.8, 4) is 0 Å². The molecule has 1 saturated carbocycles. The Bertz CT molecular complexity index is 186. The average molecular weight is 156 g/mol. The summed E-state index contributed by atoms with van der Waals surface area (Å²) < 4.78 is 0. The van der Waals surface area contributed by atoms with Gasteiger partial charge in [-0.15, -0.1) is 0 Å². The van der Waals surface area contributed by atoms with Crippen LogP contribution in [-0.2, 0) is 9.59 Å². The van der Waals surface area contributed by atoms with Crippen LogP contribution < -0.4 is 0 Å². The highest BCUT2D eigenvalue weighted by Crippen LogP contribution is 2.26. The molecule has 0 aromatic rings. The Morgan fingerprint density at radius 3 is 2.64 bits per heavy atom. The van der Waals surface area contributed by atoms with Gasteiger partial charge in [0.05, 0.1) is 0 Å². The van der Waals surface area contributed by atoms with E-state index in [1.165, 1.54) is 0 Å². The Morgan fingerprint density at radius 2 is 2.27 bits per heavy atom. The lowest BCUT2D eigenvalue weighted by Gasteiger charge is -2.23. The number of Topliss-reactive ketones (excluding diaryl/α,β-unsaturated/α-hetero) is 1. The highest BCUT2D eigenvalue weighted by atomic mass is 16.4. The lowest BCUT2D eigenvalue weighted by Crippen LogP contribution is -2.33. The van der Waals surface area contributed by atoms with E-state index in [-0.39, 0.29) is 11.7 Å². The van der Waals surface area contributed by atoms with Crippen molar-refractivity contribution in [1.29, 1.82) is 0 Å². The van der Waals surface area contributed by atoms with Crippen LogP contribution in [0.25, 0.3) is 0 Å². The van der Waals surface area contributed by atoms with Crippen molar-refractivity contribution in [1.82, 2.24) is 0 Å². The van der Waals surface area contributed by atoms with Crippen LogP contribution >= 0.6 is 0 Å². The van der Waals surface area contributed by atoms with Gasteiger partial charge in [0.25, 0.3) is 0 Å². The first-order valence-electron chi connectivity index (χ1n) is 3.88. The zero-order valence-corrected chi connectivity index (χ0v) is 6.54. The topological polar surface area (TPSA) is 54.4 Å². The molecule has 1 aliphatic carbocycles. The maximum atomic E-state index is 11.1. The van der Waals surface area contributed by atoms with Crippen LogP contribution in [0, 0.1) is 11.8 Å². The molecule has 62 valence electrons. The third kappa shape index (κ3) is 1.59. The summed E-state index contributed by atoms with van der Waals surface area (Å²) in [6, 6.07) is 0. The summed E-state index contributed by atoms with van der Waals surface area (Å²) in [7, 11) is 0. The lowest BCUT2D eigenvalue weighted by atomic mass is 9.79. The van der Waals surface area contributed by atoms with E-state index >= 15 is 0 Å². The average Bonchev–Trinajstić information content (AvgIpc) is 1.85. The van der Waals surface area contributed by atoms with Crippen molar-refractivity contribution < 1.29 is 14.7 Å². The summed E-state index contributed by atoms with van der Waals surface area (Å²) >= 11 is 0. The van der Waals surface area contributed by atoms with Crippen molar-refractivity contribution in [2.75, 3.05) is 0 Å². The SMILES string of the molecule is CC1CCCC(=O)C1C(=O)O. The molecule has 0 aliphatic heterocycles. The monoisotopic (exact) mass is 156 g/mol. The van der Waals surface area contributed by atoms with E-state index in [1.54, 1.807) is 0 Å². The van der Waals surface area contributed by atoms with Gasteiger partial charge in [0.1, 0.15) is 11.7 Å². The fraction of sp³-hybridized carbons (Fsp3) is 0.750. The van der Waals surface area contributed by atoms with Gasteiger partial charge >= 0.3 is 5.97 Å². The number of carbonyl (C=O) groups is 2. The van der Waals surface area contributed by atoms with Gasteiger partial charge in [-0.05, 0) is 18.8 Å². The van der Waals surface area contributed by atoms with Crippen molar-refractivity contribution in [3.05, 3.63) is 0 Å². The number of hydrogen-bond donors (Lipinski definition) is 1. The number of aliphatic carboxylic acids is 1. The molecule has 0 aromatic heterocycles. The summed E-state index contributed by atoms with van der Waals surface area (Å²) in [6.45, 7) is 1.83. The van der Waals surface area contributed by atoms with E-state index in [2.05, 4.69) is 0 Å². The predicted octanol–water partition coefficient (Wildman–Crippen LogP) is 1.08. The van der Waals surface area contributed by atoms with Gasteiger partial charge in [-0.25, -0.2) is 0 Å². The van der Waals surface area contributed by atoms with E-state index in [4.69, 9.17) is 5.11 Å². The molecule has 0 radical (unpaired) electrons. The summed E-state index contributed by atoms with van der Waals surface area (Å²) in [5, 5.41) is 8.66. The van der Waals surface area contributed by atoms with Gasteiger partial charge in [-0.3, -0.25) is 9.59 Å². The molecule has 0 amide bonds. The van der Waals surface area contributed by atoms with Crippen LogP contribution in [0.4, 0.5) is 0 Å². The fourth-order valence-electron chi connectivity index (χ4n) is 1.62. The number of ketones is 1. The van der Waals surface area contributed by atoms with Crippen LogP contribution in [-0.4, -0.2) is 16.9 Å². The Hall–Kier alpha value is -0.860. The Labute approximate surface area is 65.4 Å². The number of carboxylic acid groups (broad SMARTS) is 1. The molecule has 3 nitrogen and oxygen atoms in total. The summed E-state index contributed by atoms with van der Waals surface area (Å²) in [5.74, 6) is -1.77. The van der Waals surface area contributed by atoms with Crippen molar-refractivity contribution in [2.24, 2.45) is 11.8 Å². The van der Waals surface area contributed by atoms with Gasteiger partial charge < -0.3 is 5.11 Å². The van der Waals surface area contributed by atoms with Crippen molar-refractivity contribution in [3.63, 3.8) is 0 Å². The lowest BCUT2D eigenvalue weighted by molar-refractivity contribution is -0.149. The fourth-order valence-corrected chi connectivity index (χ4v) is 1.62. The molecule has 0 spiro atoms. The van der Waals surface area contributed by atoms with Crippen LogP contribution in [0.2, 0.25) is 0 Å². The Morgan fingerprint density at radius 1 is 1.64 bits per heavy atom. The predicted molar refractivity (Wildman–Crippen MR) is 39.1 cm³/mol. The zero-order valence-electron chi connectivity index (χ0n) is 6.54. The van der Waals surface area contributed by atoms with Crippen LogP contribution in [0.5, 0.6) is 0 Å². The van der Waals surface area contributed by atoms with E-state index in [0.29, 0.717) is 6.42 Å². The van der Waals surface area contributed by atoms with Gasteiger partial charge in [0.2, 0.25) is 0 Å². The third-order valence-electron chi connectivity index (χ3n) is 2.26. The van der Waals surface area contributed by atoms with Crippen molar-refractivity contribution >= 4 is 11.8 Å². The molecule has 1 fully saturated rings. The summed E-state index contributed by atoms with van der Waals surface area (Å²) in [4.78, 5) is 21.6. The largest absolute Gasteiger partial charge is 0.481 e. The normalized spacial score (nSPS) is 31.9. The van der Waals surface area contributed by atoms with E-state index < -0.39 is 11.9 Å². The van der Waals surface area contributed by atoms with Crippen LogP contribution in [0.1, 0.15) is 26.2 Å². The number of rotatable bonds is 1. The Balaban J connectivity index is 2.70. The molecule has 11 heavy (non-hydrogen) atoms. The minimum Gasteiger partial charge on any atom is -0.481 e. The van der Waals surface area contributed by atoms with E-state index in [1.807, 2.05) is 6.92 Å². The number of carbonyl (C=O) groups excluding carboxylic acids is 1. The van der Waals surface area contributed by atoms with Crippen LogP contribution in [0.15, 0.2) is 0 Å². The molecule has 0 saturated heterocycles. The molecule has 3 heteroatoms. The molecule has 0 bridgehead atoms. The molecule has 1 N–H and O–H groups in total. The maximum Gasteiger partial charge on any atom is 0.314 e. The van der Waals surface area contributed by atoms with Crippen LogP contribution in [0.3, 0.4) is 0 Å². The summed E-state index contributed by atoms with van der Waals surface area (Å²) in [5.41, 5.74) is 0. The molecular formula is C8H12O3. The molecule has 1 rings (SSSR count).